The van der Waals surface area contributed by atoms with E-state index in [1.165, 1.54) is 23.1 Å². The average Bonchev–Trinajstić information content (AvgIpc) is 3.17. The second-order valence-electron chi connectivity index (χ2n) is 9.10. The summed E-state index contributed by atoms with van der Waals surface area (Å²) in [4.78, 5) is 14.5. The zero-order chi connectivity index (χ0) is 23.9. The summed E-state index contributed by atoms with van der Waals surface area (Å²) in [6.07, 6.45) is 1.76. The Labute approximate surface area is 192 Å². The van der Waals surface area contributed by atoms with E-state index in [1.54, 1.807) is 6.20 Å². The van der Waals surface area contributed by atoms with E-state index in [1.807, 2.05) is 0 Å². The highest BCUT2D eigenvalue weighted by molar-refractivity contribution is 5.71. The van der Waals surface area contributed by atoms with E-state index in [0.717, 1.165) is 45.0 Å². The summed E-state index contributed by atoms with van der Waals surface area (Å²) < 4.78 is 71.6. The fourth-order valence-electron chi connectivity index (χ4n) is 5.09. The Morgan fingerprint density at radius 1 is 1.12 bits per heavy atom. The van der Waals surface area contributed by atoms with Crippen LogP contribution in [0.25, 0.3) is 11.2 Å². The van der Waals surface area contributed by atoms with Gasteiger partial charge in [-0.3, -0.25) is 4.98 Å². The third-order valence-corrected chi connectivity index (χ3v) is 6.80. The molecule has 0 N–H and O–H groups in total. The van der Waals surface area contributed by atoms with Crippen molar-refractivity contribution in [2.24, 2.45) is 11.3 Å². The second kappa shape index (κ2) is 8.62. The van der Waals surface area contributed by atoms with E-state index in [-0.39, 0.29) is 23.7 Å². The maximum Gasteiger partial charge on any atom is 0.421 e. The number of halogens is 5. The van der Waals surface area contributed by atoms with Crippen molar-refractivity contribution in [3.63, 3.8) is 0 Å². The maximum atomic E-state index is 13.1. The van der Waals surface area contributed by atoms with E-state index < -0.39 is 24.7 Å². The van der Waals surface area contributed by atoms with Gasteiger partial charge in [-0.15, -0.1) is 0 Å². The predicted molar refractivity (Wildman–Crippen MR) is 113 cm³/mol. The summed E-state index contributed by atoms with van der Waals surface area (Å²) in [5.41, 5.74) is 0.117. The highest BCUT2D eigenvalue weighted by Crippen LogP contribution is 2.53. The molecule has 1 saturated carbocycles. The quantitative estimate of drug-likeness (QED) is 0.479. The first kappa shape index (κ1) is 22.7. The van der Waals surface area contributed by atoms with Crippen molar-refractivity contribution in [2.75, 3.05) is 24.6 Å². The molecule has 1 spiro atoms. The number of aromatic nitrogens is 5. The Morgan fingerprint density at radius 2 is 1.88 bits per heavy atom. The number of pyridine rings is 1. The van der Waals surface area contributed by atoms with E-state index in [2.05, 4.69) is 25.0 Å². The van der Waals surface area contributed by atoms with Gasteiger partial charge in [0, 0.05) is 25.5 Å². The summed E-state index contributed by atoms with van der Waals surface area (Å²) in [6.45, 7) is 1.21. The van der Waals surface area contributed by atoms with Crippen molar-refractivity contribution in [1.82, 2.24) is 24.7 Å². The minimum Gasteiger partial charge on any atom is -0.493 e. The van der Waals surface area contributed by atoms with Gasteiger partial charge in [-0.2, -0.15) is 18.3 Å². The molecule has 182 valence electrons. The van der Waals surface area contributed by atoms with Gasteiger partial charge in [0.15, 0.2) is 5.65 Å². The van der Waals surface area contributed by atoms with Crippen LogP contribution in [0.5, 0.6) is 5.75 Å². The largest absolute Gasteiger partial charge is 0.493 e. The first-order valence-corrected chi connectivity index (χ1v) is 11.1. The third-order valence-electron chi connectivity index (χ3n) is 6.80. The van der Waals surface area contributed by atoms with Gasteiger partial charge < -0.3 is 9.64 Å². The van der Waals surface area contributed by atoms with Crippen molar-refractivity contribution in [1.29, 1.82) is 0 Å². The SMILES string of the molecule is FC(F)Cn1ncc2ncc(N3CCC4(CC3)CC(COc3ccncc3C(F)(F)F)C4)nc21. The van der Waals surface area contributed by atoms with E-state index >= 15 is 0 Å². The molecule has 0 bridgehead atoms. The first-order chi connectivity index (χ1) is 16.2. The van der Waals surface area contributed by atoms with Crippen LogP contribution in [0.15, 0.2) is 30.9 Å². The summed E-state index contributed by atoms with van der Waals surface area (Å²) in [5.74, 6) is 0.661. The molecule has 3 aromatic rings. The van der Waals surface area contributed by atoms with Crippen LogP contribution in [-0.4, -0.2) is 50.9 Å². The predicted octanol–water partition coefficient (Wildman–Crippen LogP) is 4.58. The summed E-state index contributed by atoms with van der Waals surface area (Å²) in [7, 11) is 0. The maximum absolute atomic E-state index is 13.1. The average molecular weight is 482 g/mol. The molecule has 12 heteroatoms. The topological polar surface area (TPSA) is 69.0 Å². The Morgan fingerprint density at radius 3 is 2.59 bits per heavy atom. The number of alkyl halides is 5. The fraction of sp³-hybridized carbons (Fsp3) is 0.545. The number of hydrogen-bond acceptors (Lipinski definition) is 6. The Hall–Kier alpha value is -3.05. The lowest BCUT2D eigenvalue weighted by Gasteiger charge is -2.52. The molecular formula is C22H23F5N6O. The molecule has 2 fully saturated rings. The molecule has 5 rings (SSSR count). The van der Waals surface area contributed by atoms with E-state index in [9.17, 15) is 22.0 Å². The number of piperidine rings is 1. The summed E-state index contributed by atoms with van der Waals surface area (Å²) in [6, 6.07) is 1.25. The van der Waals surface area contributed by atoms with Gasteiger partial charge in [0.25, 0.3) is 6.43 Å². The first-order valence-electron chi connectivity index (χ1n) is 11.1. The van der Waals surface area contributed by atoms with Crippen LogP contribution in [0.3, 0.4) is 0 Å². The highest BCUT2D eigenvalue weighted by atomic mass is 19.4. The lowest BCUT2D eigenvalue weighted by molar-refractivity contribution is -0.139. The zero-order valence-electron chi connectivity index (χ0n) is 18.2. The fourth-order valence-corrected chi connectivity index (χ4v) is 5.09. The molecule has 3 aromatic heterocycles. The van der Waals surface area contributed by atoms with Crippen molar-refractivity contribution in [2.45, 2.75) is 44.8 Å². The minimum absolute atomic E-state index is 0.157. The lowest BCUT2D eigenvalue weighted by Crippen LogP contribution is -2.48. The molecule has 7 nitrogen and oxygen atoms in total. The molecule has 1 aliphatic carbocycles. The molecule has 1 aliphatic heterocycles. The molecule has 1 saturated heterocycles. The molecule has 4 heterocycles. The van der Waals surface area contributed by atoms with Crippen molar-refractivity contribution >= 4 is 17.0 Å². The van der Waals surface area contributed by atoms with Gasteiger partial charge in [0.05, 0.1) is 19.0 Å². The van der Waals surface area contributed by atoms with Gasteiger partial charge >= 0.3 is 6.18 Å². The summed E-state index contributed by atoms with van der Waals surface area (Å²) >= 11 is 0. The van der Waals surface area contributed by atoms with Gasteiger partial charge in [-0.05, 0) is 43.1 Å². The Bertz CT molecular complexity index is 1150. The molecule has 2 aliphatic rings. The van der Waals surface area contributed by atoms with Crippen LogP contribution in [0, 0.1) is 11.3 Å². The molecular weight excluding hydrogens is 459 g/mol. The zero-order valence-corrected chi connectivity index (χ0v) is 18.2. The second-order valence-corrected chi connectivity index (χ2v) is 9.10. The monoisotopic (exact) mass is 482 g/mol. The molecule has 0 atom stereocenters. The van der Waals surface area contributed by atoms with Crippen molar-refractivity contribution in [3.05, 3.63) is 36.4 Å². The van der Waals surface area contributed by atoms with Gasteiger partial charge in [0.1, 0.15) is 29.2 Å². The van der Waals surface area contributed by atoms with Crippen LogP contribution in [-0.2, 0) is 12.7 Å². The molecule has 0 radical (unpaired) electrons. The Kier molecular flexibility index (Phi) is 5.76. The third kappa shape index (κ3) is 4.49. The smallest absolute Gasteiger partial charge is 0.421 e. The summed E-state index contributed by atoms with van der Waals surface area (Å²) in [5, 5.41) is 3.95. The number of fused-ring (bicyclic) bond motifs is 1. The van der Waals surface area contributed by atoms with Crippen LogP contribution in [0.2, 0.25) is 0 Å². The van der Waals surface area contributed by atoms with Crippen LogP contribution < -0.4 is 9.64 Å². The highest BCUT2D eigenvalue weighted by Gasteiger charge is 2.46. The van der Waals surface area contributed by atoms with E-state index in [4.69, 9.17) is 4.74 Å². The number of nitrogens with zero attached hydrogens (tertiary/aromatic N) is 6. The normalized spacial score (nSPS) is 18.6. The standard InChI is InChI=1S/C22H23F5N6O/c23-18(24)12-33-20-16(10-30-33)29-11-19(31-20)32-5-2-21(3-6-32)7-14(8-21)13-34-17-1-4-28-9-15(17)22(25,26)27/h1,4,9-11,14,18H,2-3,5-8,12-13H2. The van der Waals surface area contributed by atoms with Crippen molar-refractivity contribution in [3.8, 4) is 5.75 Å². The van der Waals surface area contributed by atoms with E-state index in [0.29, 0.717) is 17.0 Å². The Balaban J connectivity index is 1.16. The van der Waals surface area contributed by atoms with Gasteiger partial charge in [-0.1, -0.05) is 0 Å². The van der Waals surface area contributed by atoms with Crippen LogP contribution in [0.4, 0.5) is 27.8 Å². The van der Waals surface area contributed by atoms with Crippen LogP contribution in [0.1, 0.15) is 31.2 Å². The number of ether oxygens (including phenoxy) is 1. The molecule has 0 amide bonds. The number of rotatable bonds is 6. The minimum atomic E-state index is -4.50. The van der Waals surface area contributed by atoms with Crippen molar-refractivity contribution < 1.29 is 26.7 Å². The number of hydrogen-bond donors (Lipinski definition) is 0. The molecule has 34 heavy (non-hydrogen) atoms. The van der Waals surface area contributed by atoms with Gasteiger partial charge in [0.2, 0.25) is 0 Å². The molecule has 0 unspecified atom stereocenters. The molecule has 0 aromatic carbocycles. The lowest BCUT2D eigenvalue weighted by atomic mass is 9.58. The van der Waals surface area contributed by atoms with Crippen LogP contribution >= 0.6 is 0 Å². The number of anilines is 1. The van der Waals surface area contributed by atoms with Gasteiger partial charge in [-0.25, -0.2) is 23.4 Å².